The smallest absolute Gasteiger partial charge is 0.128 e. The van der Waals surface area contributed by atoms with Crippen LogP contribution in [0.4, 0.5) is 15.8 Å². The molecule has 0 fully saturated rings. The zero-order valence-electron chi connectivity index (χ0n) is 10.1. The SMILES string of the molecule is Nc1cccc2c1CCN2Cc1ccccc1F. The van der Waals surface area contributed by atoms with Gasteiger partial charge in [-0.3, -0.25) is 0 Å². The lowest BCUT2D eigenvalue weighted by Crippen LogP contribution is -2.20. The third kappa shape index (κ3) is 1.82. The fourth-order valence-corrected chi connectivity index (χ4v) is 2.52. The summed E-state index contributed by atoms with van der Waals surface area (Å²) < 4.78 is 13.6. The monoisotopic (exact) mass is 242 g/mol. The molecule has 1 aliphatic rings. The zero-order chi connectivity index (χ0) is 12.5. The normalized spacial score (nSPS) is 13.7. The van der Waals surface area contributed by atoms with Gasteiger partial charge in [0.15, 0.2) is 0 Å². The van der Waals surface area contributed by atoms with Gasteiger partial charge in [-0.05, 0) is 24.6 Å². The van der Waals surface area contributed by atoms with E-state index in [1.54, 1.807) is 6.07 Å². The topological polar surface area (TPSA) is 29.3 Å². The van der Waals surface area contributed by atoms with Crippen molar-refractivity contribution in [3.8, 4) is 0 Å². The Bertz CT molecular complexity index is 580. The highest BCUT2D eigenvalue weighted by molar-refractivity contribution is 5.68. The van der Waals surface area contributed by atoms with Crippen LogP contribution in [-0.4, -0.2) is 6.54 Å². The molecule has 92 valence electrons. The van der Waals surface area contributed by atoms with Gasteiger partial charge >= 0.3 is 0 Å². The number of hydrogen-bond donors (Lipinski definition) is 1. The summed E-state index contributed by atoms with van der Waals surface area (Å²) in [6.45, 7) is 1.50. The van der Waals surface area contributed by atoms with Crippen molar-refractivity contribution < 1.29 is 4.39 Å². The zero-order valence-corrected chi connectivity index (χ0v) is 10.1. The molecule has 1 aliphatic heterocycles. The molecule has 0 unspecified atom stereocenters. The number of halogens is 1. The minimum atomic E-state index is -0.144. The molecule has 2 aromatic rings. The van der Waals surface area contributed by atoms with Crippen molar-refractivity contribution in [2.75, 3.05) is 17.2 Å². The molecule has 18 heavy (non-hydrogen) atoms. The van der Waals surface area contributed by atoms with Crippen LogP contribution >= 0.6 is 0 Å². The summed E-state index contributed by atoms with van der Waals surface area (Å²) >= 11 is 0. The molecule has 2 aromatic carbocycles. The van der Waals surface area contributed by atoms with Crippen LogP contribution in [0.15, 0.2) is 42.5 Å². The van der Waals surface area contributed by atoms with Crippen LogP contribution in [0.25, 0.3) is 0 Å². The molecule has 0 aliphatic carbocycles. The Morgan fingerprint density at radius 2 is 1.94 bits per heavy atom. The van der Waals surface area contributed by atoms with Crippen LogP contribution in [0.5, 0.6) is 0 Å². The van der Waals surface area contributed by atoms with Gasteiger partial charge in [-0.2, -0.15) is 0 Å². The molecule has 0 atom stereocenters. The van der Waals surface area contributed by atoms with Gasteiger partial charge in [-0.1, -0.05) is 24.3 Å². The molecular formula is C15H15FN2. The van der Waals surface area contributed by atoms with Crippen molar-refractivity contribution in [3.05, 3.63) is 59.4 Å². The van der Waals surface area contributed by atoms with Crippen molar-refractivity contribution in [3.63, 3.8) is 0 Å². The molecule has 0 saturated heterocycles. The number of benzene rings is 2. The Balaban J connectivity index is 1.90. The number of nitrogens with zero attached hydrogens (tertiary/aromatic N) is 1. The highest BCUT2D eigenvalue weighted by Gasteiger charge is 2.21. The molecule has 3 rings (SSSR count). The van der Waals surface area contributed by atoms with E-state index in [1.165, 1.54) is 11.6 Å². The summed E-state index contributed by atoms with van der Waals surface area (Å²) in [6.07, 6.45) is 0.941. The Kier molecular flexibility index (Phi) is 2.67. The second-order valence-corrected chi connectivity index (χ2v) is 4.61. The predicted molar refractivity (Wildman–Crippen MR) is 72.0 cm³/mol. The Hall–Kier alpha value is -2.03. The van der Waals surface area contributed by atoms with Crippen molar-refractivity contribution in [2.45, 2.75) is 13.0 Å². The van der Waals surface area contributed by atoms with E-state index in [-0.39, 0.29) is 5.82 Å². The fourth-order valence-electron chi connectivity index (χ4n) is 2.52. The molecule has 0 saturated carbocycles. The summed E-state index contributed by atoms with van der Waals surface area (Å²) in [5.41, 5.74) is 9.85. The summed E-state index contributed by atoms with van der Waals surface area (Å²) in [7, 11) is 0. The lowest BCUT2D eigenvalue weighted by atomic mass is 10.1. The van der Waals surface area contributed by atoms with Crippen LogP contribution in [0.2, 0.25) is 0 Å². The first-order valence-electron chi connectivity index (χ1n) is 6.11. The number of nitrogens with two attached hydrogens (primary N) is 1. The summed E-state index contributed by atoms with van der Waals surface area (Å²) in [4.78, 5) is 2.18. The maximum atomic E-state index is 13.6. The third-order valence-electron chi connectivity index (χ3n) is 3.48. The summed E-state index contributed by atoms with van der Waals surface area (Å²) in [5, 5.41) is 0. The highest BCUT2D eigenvalue weighted by atomic mass is 19.1. The van der Waals surface area contributed by atoms with E-state index in [2.05, 4.69) is 11.0 Å². The van der Waals surface area contributed by atoms with Crippen molar-refractivity contribution in [2.24, 2.45) is 0 Å². The van der Waals surface area contributed by atoms with Gasteiger partial charge in [0.05, 0.1) is 0 Å². The first kappa shape index (κ1) is 11.1. The minimum Gasteiger partial charge on any atom is -0.398 e. The lowest BCUT2D eigenvalue weighted by Gasteiger charge is -2.20. The number of nitrogen functional groups attached to an aromatic ring is 1. The van der Waals surface area contributed by atoms with Crippen LogP contribution in [-0.2, 0) is 13.0 Å². The number of hydrogen-bond acceptors (Lipinski definition) is 2. The van der Waals surface area contributed by atoms with Gasteiger partial charge in [0.2, 0.25) is 0 Å². The Labute approximate surface area is 106 Å². The number of fused-ring (bicyclic) bond motifs is 1. The van der Waals surface area contributed by atoms with Crippen LogP contribution in [0, 0.1) is 5.82 Å². The highest BCUT2D eigenvalue weighted by Crippen LogP contribution is 2.33. The van der Waals surface area contributed by atoms with E-state index in [1.807, 2.05) is 24.3 Å². The van der Waals surface area contributed by atoms with Crippen LogP contribution in [0.1, 0.15) is 11.1 Å². The van der Waals surface area contributed by atoms with E-state index >= 15 is 0 Å². The summed E-state index contributed by atoms with van der Waals surface area (Å²) in [6, 6.07) is 12.9. The van der Waals surface area contributed by atoms with Crippen LogP contribution < -0.4 is 10.6 Å². The number of rotatable bonds is 2. The number of anilines is 2. The third-order valence-corrected chi connectivity index (χ3v) is 3.48. The van der Waals surface area contributed by atoms with Crippen molar-refractivity contribution >= 4 is 11.4 Å². The molecule has 0 bridgehead atoms. The first-order chi connectivity index (χ1) is 8.75. The maximum absolute atomic E-state index is 13.6. The lowest BCUT2D eigenvalue weighted by molar-refractivity contribution is 0.606. The Morgan fingerprint density at radius 3 is 2.78 bits per heavy atom. The quantitative estimate of drug-likeness (QED) is 0.820. The van der Waals surface area contributed by atoms with E-state index in [9.17, 15) is 4.39 Å². The molecule has 1 heterocycles. The first-order valence-corrected chi connectivity index (χ1v) is 6.11. The second kappa shape index (κ2) is 4.33. The standard InChI is InChI=1S/C15H15FN2/c16-13-5-2-1-4-11(13)10-18-9-8-12-14(17)6-3-7-15(12)18/h1-7H,8-10,17H2. The van der Waals surface area contributed by atoms with Crippen LogP contribution in [0.3, 0.4) is 0 Å². The average Bonchev–Trinajstić information content (AvgIpc) is 2.77. The summed E-state index contributed by atoms with van der Waals surface area (Å²) in [5.74, 6) is -0.144. The molecule has 0 amide bonds. The average molecular weight is 242 g/mol. The molecule has 3 heteroatoms. The molecule has 0 spiro atoms. The second-order valence-electron chi connectivity index (χ2n) is 4.61. The van der Waals surface area contributed by atoms with Crippen molar-refractivity contribution in [1.82, 2.24) is 0 Å². The van der Waals surface area contributed by atoms with Gasteiger partial charge in [-0.25, -0.2) is 4.39 Å². The Morgan fingerprint density at radius 1 is 1.11 bits per heavy atom. The van der Waals surface area contributed by atoms with E-state index in [0.717, 1.165) is 29.9 Å². The van der Waals surface area contributed by atoms with Gasteiger partial charge in [0, 0.05) is 35.6 Å². The maximum Gasteiger partial charge on any atom is 0.128 e. The van der Waals surface area contributed by atoms with E-state index in [0.29, 0.717) is 6.54 Å². The largest absolute Gasteiger partial charge is 0.398 e. The van der Waals surface area contributed by atoms with Crippen molar-refractivity contribution in [1.29, 1.82) is 0 Å². The van der Waals surface area contributed by atoms with Gasteiger partial charge in [0.25, 0.3) is 0 Å². The van der Waals surface area contributed by atoms with E-state index in [4.69, 9.17) is 5.73 Å². The minimum absolute atomic E-state index is 0.144. The van der Waals surface area contributed by atoms with Gasteiger partial charge in [0.1, 0.15) is 5.82 Å². The molecule has 2 N–H and O–H groups in total. The molecular weight excluding hydrogens is 227 g/mol. The molecule has 2 nitrogen and oxygen atoms in total. The predicted octanol–water partition coefficient (Wildman–Crippen LogP) is 2.97. The van der Waals surface area contributed by atoms with Gasteiger partial charge < -0.3 is 10.6 Å². The molecule has 0 aromatic heterocycles. The van der Waals surface area contributed by atoms with Gasteiger partial charge in [-0.15, -0.1) is 0 Å². The van der Waals surface area contributed by atoms with E-state index < -0.39 is 0 Å². The fraction of sp³-hybridized carbons (Fsp3) is 0.200. The molecule has 0 radical (unpaired) electrons.